The molecule has 3 aromatic rings. The molecule has 0 aromatic heterocycles. The van der Waals surface area contributed by atoms with Crippen LogP contribution in [0.4, 0.5) is 11.4 Å². The van der Waals surface area contributed by atoms with Crippen molar-refractivity contribution in [1.29, 1.82) is 0 Å². The van der Waals surface area contributed by atoms with Gasteiger partial charge in [0.2, 0.25) is 0 Å². The molecule has 0 spiro atoms. The minimum atomic E-state index is 0.587. The van der Waals surface area contributed by atoms with Gasteiger partial charge in [0.1, 0.15) is 5.75 Å². The summed E-state index contributed by atoms with van der Waals surface area (Å²) in [7, 11) is 0. The van der Waals surface area contributed by atoms with Crippen LogP contribution in [0.3, 0.4) is 0 Å². The highest BCUT2D eigenvalue weighted by Crippen LogP contribution is 2.37. The molecule has 0 saturated carbocycles. The second-order valence-corrected chi connectivity index (χ2v) is 9.79. The van der Waals surface area contributed by atoms with E-state index in [1.807, 2.05) is 17.8 Å². The SMILES string of the molecule is C1=CC(N2CNc3ccc(Sc4ccc5c(c4)CN(c4ccccc4)CO5)cc3C2)=CCC1. The van der Waals surface area contributed by atoms with Gasteiger partial charge in [-0.3, -0.25) is 0 Å². The fourth-order valence-corrected chi connectivity index (χ4v) is 5.57. The molecule has 5 heteroatoms. The Labute approximate surface area is 199 Å². The van der Waals surface area contributed by atoms with E-state index in [0.29, 0.717) is 6.73 Å². The number of hydrogen-bond donors (Lipinski definition) is 1. The smallest absolute Gasteiger partial charge is 0.161 e. The van der Waals surface area contributed by atoms with Gasteiger partial charge < -0.3 is 19.9 Å². The standard InChI is InChI=1S/C28H27N3OS/c1-3-7-23(8-4-1)30-17-21-15-25(11-13-27(21)29-19-30)33-26-12-14-28-22(16-26)18-31(20-32-28)24-9-5-2-6-10-24/h2-3,5-16,29H,1,4,17-20H2. The fraction of sp³-hybridized carbons (Fsp3) is 0.214. The fourth-order valence-electron chi connectivity index (χ4n) is 4.62. The Morgan fingerprint density at radius 3 is 2.48 bits per heavy atom. The number of nitrogens with one attached hydrogen (secondary N) is 1. The summed E-state index contributed by atoms with van der Waals surface area (Å²) >= 11 is 1.82. The van der Waals surface area contributed by atoms with Crippen molar-refractivity contribution >= 4 is 23.1 Å². The van der Waals surface area contributed by atoms with Crippen molar-refractivity contribution in [2.45, 2.75) is 35.7 Å². The molecule has 1 N–H and O–H groups in total. The Morgan fingerprint density at radius 1 is 0.818 bits per heavy atom. The molecular weight excluding hydrogens is 426 g/mol. The predicted octanol–water partition coefficient (Wildman–Crippen LogP) is 6.61. The number of benzene rings is 3. The van der Waals surface area contributed by atoms with Gasteiger partial charge in [0.05, 0.1) is 6.67 Å². The van der Waals surface area contributed by atoms with Crippen LogP contribution in [-0.4, -0.2) is 18.3 Å². The Kier molecular flexibility index (Phi) is 5.48. The topological polar surface area (TPSA) is 27.7 Å². The largest absolute Gasteiger partial charge is 0.473 e. The third kappa shape index (κ3) is 4.33. The van der Waals surface area contributed by atoms with Crippen LogP contribution in [0.15, 0.2) is 100 Å². The van der Waals surface area contributed by atoms with Gasteiger partial charge in [-0.2, -0.15) is 0 Å². The number of nitrogens with zero attached hydrogens (tertiary/aromatic N) is 2. The van der Waals surface area contributed by atoms with Gasteiger partial charge in [0, 0.05) is 45.5 Å². The molecule has 0 fully saturated rings. The number of rotatable bonds is 4. The van der Waals surface area contributed by atoms with Crippen LogP contribution in [0.5, 0.6) is 5.75 Å². The first-order valence-corrected chi connectivity index (χ1v) is 12.4. The van der Waals surface area contributed by atoms with E-state index < -0.39 is 0 Å². The second-order valence-electron chi connectivity index (χ2n) is 8.64. The lowest BCUT2D eigenvalue weighted by molar-refractivity contribution is 0.289. The minimum Gasteiger partial charge on any atom is -0.473 e. The lowest BCUT2D eigenvalue weighted by Gasteiger charge is -2.33. The van der Waals surface area contributed by atoms with Gasteiger partial charge in [0.15, 0.2) is 6.73 Å². The summed E-state index contributed by atoms with van der Waals surface area (Å²) in [4.78, 5) is 7.19. The summed E-state index contributed by atoms with van der Waals surface area (Å²) in [5, 5.41) is 3.58. The average Bonchev–Trinajstić information content (AvgIpc) is 2.89. The van der Waals surface area contributed by atoms with E-state index in [2.05, 4.69) is 94.0 Å². The molecule has 0 radical (unpaired) electrons. The van der Waals surface area contributed by atoms with Crippen LogP contribution in [0.25, 0.3) is 0 Å². The molecule has 1 aliphatic carbocycles. The zero-order valence-electron chi connectivity index (χ0n) is 18.5. The molecular formula is C28H27N3OS. The molecule has 0 bridgehead atoms. The summed E-state index contributed by atoms with van der Waals surface area (Å²) in [6.07, 6.45) is 9.16. The van der Waals surface area contributed by atoms with Crippen molar-refractivity contribution in [3.05, 3.63) is 102 Å². The van der Waals surface area contributed by atoms with E-state index in [0.717, 1.165) is 38.3 Å². The molecule has 0 saturated heterocycles. The molecule has 2 heterocycles. The lowest BCUT2D eigenvalue weighted by atomic mass is 10.1. The highest BCUT2D eigenvalue weighted by molar-refractivity contribution is 7.99. The number of allylic oxidation sites excluding steroid dienone is 3. The highest BCUT2D eigenvalue weighted by atomic mass is 32.2. The zero-order valence-corrected chi connectivity index (χ0v) is 19.4. The molecule has 166 valence electrons. The maximum absolute atomic E-state index is 6.03. The maximum Gasteiger partial charge on any atom is 0.161 e. The van der Waals surface area contributed by atoms with Crippen LogP contribution < -0.4 is 15.0 Å². The first-order valence-electron chi connectivity index (χ1n) is 11.5. The maximum atomic E-state index is 6.03. The van der Waals surface area contributed by atoms with E-state index in [4.69, 9.17) is 4.74 Å². The Bertz CT molecular complexity index is 1220. The average molecular weight is 454 g/mol. The van der Waals surface area contributed by atoms with E-state index in [-0.39, 0.29) is 0 Å². The Morgan fingerprint density at radius 2 is 1.64 bits per heavy atom. The first-order chi connectivity index (χ1) is 16.3. The molecule has 0 unspecified atom stereocenters. The molecule has 33 heavy (non-hydrogen) atoms. The second kappa shape index (κ2) is 8.91. The zero-order chi connectivity index (χ0) is 22.0. The van der Waals surface area contributed by atoms with Crippen molar-refractivity contribution in [3.63, 3.8) is 0 Å². The highest BCUT2D eigenvalue weighted by Gasteiger charge is 2.20. The first kappa shape index (κ1) is 20.3. The van der Waals surface area contributed by atoms with E-state index in [1.165, 1.54) is 38.0 Å². The summed E-state index contributed by atoms with van der Waals surface area (Å²) in [5.74, 6) is 0.991. The van der Waals surface area contributed by atoms with Crippen molar-refractivity contribution in [2.24, 2.45) is 0 Å². The summed E-state index contributed by atoms with van der Waals surface area (Å²) in [6, 6.07) is 23.8. The molecule has 0 atom stereocenters. The summed E-state index contributed by atoms with van der Waals surface area (Å²) in [5.41, 5.74) is 6.35. The third-order valence-electron chi connectivity index (χ3n) is 6.36. The monoisotopic (exact) mass is 453 g/mol. The van der Waals surface area contributed by atoms with Crippen LogP contribution in [-0.2, 0) is 13.1 Å². The number of para-hydroxylation sites is 1. The molecule has 3 aliphatic rings. The van der Waals surface area contributed by atoms with Crippen LogP contribution >= 0.6 is 11.8 Å². The van der Waals surface area contributed by atoms with Gasteiger partial charge >= 0.3 is 0 Å². The van der Waals surface area contributed by atoms with Gasteiger partial charge in [-0.25, -0.2) is 0 Å². The lowest BCUT2D eigenvalue weighted by Crippen LogP contribution is -2.32. The van der Waals surface area contributed by atoms with Gasteiger partial charge in [0.25, 0.3) is 0 Å². The van der Waals surface area contributed by atoms with Gasteiger partial charge in [-0.15, -0.1) is 0 Å². The van der Waals surface area contributed by atoms with Crippen molar-refractivity contribution < 1.29 is 4.74 Å². The van der Waals surface area contributed by atoms with Crippen LogP contribution in [0, 0.1) is 0 Å². The Balaban J connectivity index is 1.19. The quantitative estimate of drug-likeness (QED) is 0.480. The predicted molar refractivity (Wildman–Crippen MR) is 136 cm³/mol. The minimum absolute atomic E-state index is 0.587. The summed E-state index contributed by atoms with van der Waals surface area (Å²) in [6.45, 7) is 3.25. The van der Waals surface area contributed by atoms with Crippen molar-refractivity contribution in [2.75, 3.05) is 23.6 Å². The van der Waals surface area contributed by atoms with Crippen LogP contribution in [0.2, 0.25) is 0 Å². The number of hydrogen-bond acceptors (Lipinski definition) is 5. The number of ether oxygens (including phenoxy) is 1. The van der Waals surface area contributed by atoms with E-state index in [9.17, 15) is 0 Å². The van der Waals surface area contributed by atoms with Gasteiger partial charge in [-0.1, -0.05) is 42.1 Å². The third-order valence-corrected chi connectivity index (χ3v) is 7.34. The molecule has 2 aliphatic heterocycles. The number of anilines is 2. The molecule has 3 aromatic carbocycles. The van der Waals surface area contributed by atoms with Crippen molar-refractivity contribution in [1.82, 2.24) is 4.90 Å². The van der Waals surface area contributed by atoms with Crippen LogP contribution in [0.1, 0.15) is 24.0 Å². The van der Waals surface area contributed by atoms with E-state index >= 15 is 0 Å². The van der Waals surface area contributed by atoms with Crippen molar-refractivity contribution in [3.8, 4) is 5.75 Å². The summed E-state index contributed by atoms with van der Waals surface area (Å²) < 4.78 is 6.03. The molecule has 6 rings (SSSR count). The Hall–Kier alpha value is -3.31. The van der Waals surface area contributed by atoms with Gasteiger partial charge in [-0.05, 0) is 73.0 Å². The number of fused-ring (bicyclic) bond motifs is 2. The van der Waals surface area contributed by atoms with E-state index in [1.54, 1.807) is 0 Å². The normalized spacial score (nSPS) is 16.9. The molecule has 0 amide bonds. The molecule has 4 nitrogen and oxygen atoms in total.